The van der Waals surface area contributed by atoms with Crippen LogP contribution in [-0.4, -0.2) is 62.2 Å². The number of likely N-dealkylation sites (N-methyl/N-ethyl adjacent to an activating group) is 1. The number of nitrogens with two attached hydrogens (primary N) is 1. The lowest BCUT2D eigenvalue weighted by Crippen LogP contribution is -2.38. The number of carbonyl (C=O) groups is 1. The summed E-state index contributed by atoms with van der Waals surface area (Å²) in [4.78, 5) is 18.3. The van der Waals surface area contributed by atoms with Crippen LogP contribution in [0, 0.1) is 0 Å². The Morgan fingerprint density at radius 3 is 2.75 bits per heavy atom. The predicted octanol–water partition coefficient (Wildman–Crippen LogP) is 3.26. The average Bonchev–Trinajstić information content (AvgIpc) is 3.44. The molecule has 188 valence electrons. The molecular formula is C25H26F3N7O. The molecule has 1 aliphatic rings. The smallest absolute Gasteiger partial charge is 0.356 e. The van der Waals surface area contributed by atoms with E-state index in [0.717, 1.165) is 10.9 Å². The van der Waals surface area contributed by atoms with E-state index in [1.807, 2.05) is 31.2 Å². The number of hydrogen-bond acceptors (Lipinski definition) is 6. The van der Waals surface area contributed by atoms with E-state index >= 15 is 0 Å². The number of amides is 1. The molecule has 3 aromatic heterocycles. The van der Waals surface area contributed by atoms with Crippen molar-refractivity contribution in [2.75, 3.05) is 19.6 Å². The summed E-state index contributed by atoms with van der Waals surface area (Å²) in [7, 11) is 0. The number of pyridine rings is 2. The van der Waals surface area contributed by atoms with Gasteiger partial charge >= 0.3 is 6.18 Å². The van der Waals surface area contributed by atoms with Gasteiger partial charge in [-0.2, -0.15) is 13.2 Å². The van der Waals surface area contributed by atoms with E-state index in [4.69, 9.17) is 10.7 Å². The normalized spacial score (nSPS) is 17.6. The number of rotatable bonds is 6. The number of halogens is 3. The number of nitrogens with zero attached hydrogens (tertiary/aromatic N) is 5. The van der Waals surface area contributed by atoms with Crippen LogP contribution in [0.15, 0.2) is 48.7 Å². The highest BCUT2D eigenvalue weighted by molar-refractivity contribution is 5.88. The lowest BCUT2D eigenvalue weighted by molar-refractivity contribution is -0.183. The first-order valence-corrected chi connectivity index (χ1v) is 11.8. The van der Waals surface area contributed by atoms with Crippen LogP contribution in [0.25, 0.3) is 28.1 Å². The molecule has 11 heteroatoms. The molecule has 4 heterocycles. The average molecular weight is 498 g/mol. The first-order chi connectivity index (χ1) is 17.2. The third-order valence-corrected chi connectivity index (χ3v) is 6.43. The SMILES string of the molecule is CCNC(=O)Cc1cccc2ccc(-c3nnc4ccc([C@@H](N5CCC(N)C5)C(F)(F)F)cn34)nc12. The highest BCUT2D eigenvalue weighted by atomic mass is 19.4. The monoisotopic (exact) mass is 497 g/mol. The van der Waals surface area contributed by atoms with Gasteiger partial charge in [0.15, 0.2) is 11.5 Å². The second kappa shape index (κ2) is 9.47. The number of hydrogen-bond donors (Lipinski definition) is 2. The van der Waals surface area contributed by atoms with Gasteiger partial charge in [-0.1, -0.05) is 30.3 Å². The standard InChI is InChI=1S/C25H26F3N7O/c1-2-30-21(36)12-16-5-3-4-15-6-8-19(31-22(15)16)24-33-32-20-9-7-17(13-35(20)24)23(25(26,27)28)34-11-10-18(29)14-34/h3-9,13,18,23H,2,10-12,14,29H2,1H3,(H,30,36)/t18?,23-/m1/s1. The van der Waals surface area contributed by atoms with Crippen molar-refractivity contribution in [1.29, 1.82) is 0 Å². The molecule has 1 fully saturated rings. The summed E-state index contributed by atoms with van der Waals surface area (Å²) in [5.74, 6) is 0.204. The molecule has 2 atom stereocenters. The Labute approximate surface area is 205 Å². The highest BCUT2D eigenvalue weighted by Crippen LogP contribution is 2.39. The molecule has 5 rings (SSSR count). The van der Waals surface area contributed by atoms with Crippen LogP contribution in [0.4, 0.5) is 13.2 Å². The van der Waals surface area contributed by atoms with E-state index in [1.165, 1.54) is 27.6 Å². The minimum atomic E-state index is -4.47. The Morgan fingerprint density at radius 1 is 1.19 bits per heavy atom. The number of aromatic nitrogens is 4. The molecule has 4 aromatic rings. The largest absolute Gasteiger partial charge is 0.408 e. The van der Waals surface area contributed by atoms with Crippen molar-refractivity contribution < 1.29 is 18.0 Å². The predicted molar refractivity (Wildman–Crippen MR) is 129 cm³/mol. The Bertz CT molecular complexity index is 1420. The van der Waals surface area contributed by atoms with Crippen LogP contribution in [-0.2, 0) is 11.2 Å². The van der Waals surface area contributed by atoms with Crippen LogP contribution < -0.4 is 11.1 Å². The van der Waals surface area contributed by atoms with E-state index < -0.39 is 12.2 Å². The molecule has 0 radical (unpaired) electrons. The van der Waals surface area contributed by atoms with Crippen molar-refractivity contribution in [1.82, 2.24) is 29.8 Å². The lowest BCUT2D eigenvalue weighted by Gasteiger charge is -2.30. The lowest BCUT2D eigenvalue weighted by atomic mass is 10.1. The van der Waals surface area contributed by atoms with Gasteiger partial charge in [0, 0.05) is 37.3 Å². The van der Waals surface area contributed by atoms with Crippen molar-refractivity contribution in [3.05, 3.63) is 59.8 Å². The first kappa shape index (κ1) is 24.1. The fourth-order valence-corrected chi connectivity index (χ4v) is 4.81. The molecule has 1 aromatic carbocycles. The zero-order valence-corrected chi connectivity index (χ0v) is 19.7. The number of fused-ring (bicyclic) bond motifs is 2. The van der Waals surface area contributed by atoms with Gasteiger partial charge < -0.3 is 11.1 Å². The maximum atomic E-state index is 14.1. The second-order valence-electron chi connectivity index (χ2n) is 9.02. The zero-order valence-electron chi connectivity index (χ0n) is 19.7. The van der Waals surface area contributed by atoms with E-state index in [0.29, 0.717) is 35.6 Å². The molecule has 1 amide bonds. The molecule has 0 spiro atoms. The van der Waals surface area contributed by atoms with Crippen molar-refractivity contribution in [3.63, 3.8) is 0 Å². The molecule has 0 bridgehead atoms. The molecule has 1 aliphatic heterocycles. The summed E-state index contributed by atoms with van der Waals surface area (Å²) in [5.41, 5.74) is 8.22. The van der Waals surface area contributed by atoms with E-state index in [9.17, 15) is 18.0 Å². The second-order valence-corrected chi connectivity index (χ2v) is 9.02. The Kier molecular flexibility index (Phi) is 6.35. The summed E-state index contributed by atoms with van der Waals surface area (Å²) >= 11 is 0. The van der Waals surface area contributed by atoms with Gasteiger partial charge in [0.25, 0.3) is 0 Å². The number of carbonyl (C=O) groups excluding carboxylic acids is 1. The van der Waals surface area contributed by atoms with Gasteiger partial charge in [0.05, 0.1) is 11.9 Å². The van der Waals surface area contributed by atoms with Gasteiger partial charge in [0.2, 0.25) is 5.91 Å². The third-order valence-electron chi connectivity index (χ3n) is 6.43. The molecule has 3 N–H and O–H groups in total. The summed E-state index contributed by atoms with van der Waals surface area (Å²) < 4.78 is 44.0. The Balaban J connectivity index is 1.57. The molecular weight excluding hydrogens is 471 g/mol. The third kappa shape index (κ3) is 4.63. The summed E-state index contributed by atoms with van der Waals surface area (Å²) in [6.07, 6.45) is -2.36. The maximum Gasteiger partial charge on any atom is 0.408 e. The molecule has 1 saturated heterocycles. The van der Waals surface area contributed by atoms with Crippen LogP contribution in [0.5, 0.6) is 0 Å². The van der Waals surface area contributed by atoms with Crippen LogP contribution in [0.1, 0.15) is 30.5 Å². The van der Waals surface area contributed by atoms with Gasteiger partial charge in [-0.05, 0) is 36.6 Å². The number of benzene rings is 1. The Morgan fingerprint density at radius 2 is 2.03 bits per heavy atom. The van der Waals surface area contributed by atoms with Crippen molar-refractivity contribution in [2.45, 2.75) is 38.0 Å². The van der Waals surface area contributed by atoms with Crippen LogP contribution in [0.3, 0.4) is 0 Å². The minimum Gasteiger partial charge on any atom is -0.356 e. The van der Waals surface area contributed by atoms with Crippen LogP contribution >= 0.6 is 0 Å². The van der Waals surface area contributed by atoms with Crippen molar-refractivity contribution in [3.8, 4) is 11.5 Å². The molecule has 0 saturated carbocycles. The zero-order chi connectivity index (χ0) is 25.4. The van der Waals surface area contributed by atoms with Gasteiger partial charge in [-0.3, -0.25) is 14.1 Å². The number of alkyl halides is 3. The van der Waals surface area contributed by atoms with Gasteiger partial charge in [-0.25, -0.2) is 4.98 Å². The minimum absolute atomic E-state index is 0.0860. The first-order valence-electron chi connectivity index (χ1n) is 11.8. The fraction of sp³-hybridized carbons (Fsp3) is 0.360. The van der Waals surface area contributed by atoms with Crippen molar-refractivity contribution >= 4 is 22.5 Å². The molecule has 0 aliphatic carbocycles. The van der Waals surface area contributed by atoms with Gasteiger partial charge in [0.1, 0.15) is 11.7 Å². The molecule has 8 nitrogen and oxygen atoms in total. The topological polar surface area (TPSA) is 101 Å². The van der Waals surface area contributed by atoms with Gasteiger partial charge in [-0.15, -0.1) is 10.2 Å². The molecule has 1 unspecified atom stereocenters. The quantitative estimate of drug-likeness (QED) is 0.424. The number of nitrogens with one attached hydrogen (secondary N) is 1. The van der Waals surface area contributed by atoms with E-state index in [2.05, 4.69) is 15.5 Å². The van der Waals surface area contributed by atoms with Crippen molar-refractivity contribution in [2.24, 2.45) is 5.73 Å². The summed E-state index contributed by atoms with van der Waals surface area (Å²) in [6, 6.07) is 10.1. The number of likely N-dealkylation sites (tertiary alicyclic amines) is 1. The summed E-state index contributed by atoms with van der Waals surface area (Å²) in [6.45, 7) is 2.83. The summed E-state index contributed by atoms with van der Waals surface area (Å²) in [5, 5.41) is 12.0. The Hall–Kier alpha value is -3.57. The maximum absolute atomic E-state index is 14.1. The van der Waals surface area contributed by atoms with E-state index in [1.54, 1.807) is 6.07 Å². The fourth-order valence-electron chi connectivity index (χ4n) is 4.81. The molecule has 36 heavy (non-hydrogen) atoms. The number of para-hydroxylation sites is 1. The highest BCUT2D eigenvalue weighted by Gasteiger charge is 2.46. The van der Waals surface area contributed by atoms with Crippen LogP contribution in [0.2, 0.25) is 0 Å². The van der Waals surface area contributed by atoms with E-state index in [-0.39, 0.29) is 37.0 Å².